The van der Waals surface area contributed by atoms with Gasteiger partial charge in [0, 0.05) is 18.9 Å². The van der Waals surface area contributed by atoms with Crippen LogP contribution >= 0.6 is 0 Å². The van der Waals surface area contributed by atoms with Crippen LogP contribution in [0, 0.1) is 12.8 Å². The fraction of sp³-hybridized carbons (Fsp3) is 0.235. The minimum atomic E-state index is -0.924. The van der Waals surface area contributed by atoms with E-state index in [2.05, 4.69) is 10.3 Å². The molecule has 2 rings (SSSR count). The Kier molecular flexibility index (Phi) is 5.25. The first-order valence-electron chi connectivity index (χ1n) is 7.03. The van der Waals surface area contributed by atoms with E-state index in [0.717, 1.165) is 11.1 Å². The number of benzene rings is 1. The van der Waals surface area contributed by atoms with Gasteiger partial charge in [0.1, 0.15) is 0 Å². The first kappa shape index (κ1) is 15.7. The second kappa shape index (κ2) is 7.36. The number of pyridine rings is 1. The molecule has 1 amide bonds. The van der Waals surface area contributed by atoms with Gasteiger partial charge >= 0.3 is 5.97 Å². The average molecular weight is 298 g/mol. The molecule has 0 aliphatic heterocycles. The molecule has 1 aromatic carbocycles. The second-order valence-electron chi connectivity index (χ2n) is 5.18. The number of hydrogen-bond donors (Lipinski definition) is 2. The van der Waals surface area contributed by atoms with Crippen LogP contribution < -0.4 is 5.32 Å². The number of aliphatic carboxylic acids is 1. The summed E-state index contributed by atoms with van der Waals surface area (Å²) in [6.07, 6.45) is 3.40. The number of carboxylic acids is 1. The lowest BCUT2D eigenvalue weighted by molar-refractivity contribution is -0.141. The van der Waals surface area contributed by atoms with Crippen LogP contribution in [0.4, 0.5) is 0 Å². The van der Waals surface area contributed by atoms with Crippen LogP contribution in [-0.2, 0) is 11.2 Å². The number of carbonyl (C=O) groups excluding carboxylic acids is 1. The molecule has 0 aliphatic rings. The van der Waals surface area contributed by atoms with E-state index in [-0.39, 0.29) is 12.5 Å². The van der Waals surface area contributed by atoms with Crippen molar-refractivity contribution in [2.24, 2.45) is 5.92 Å². The van der Waals surface area contributed by atoms with E-state index in [4.69, 9.17) is 0 Å². The minimum Gasteiger partial charge on any atom is -0.481 e. The highest BCUT2D eigenvalue weighted by Crippen LogP contribution is 2.10. The lowest BCUT2D eigenvalue weighted by atomic mass is 9.98. The van der Waals surface area contributed by atoms with Gasteiger partial charge in [-0.3, -0.25) is 14.6 Å². The quantitative estimate of drug-likeness (QED) is 0.855. The van der Waals surface area contributed by atoms with Crippen molar-refractivity contribution in [1.29, 1.82) is 0 Å². The van der Waals surface area contributed by atoms with Crippen LogP contribution in [0.25, 0.3) is 0 Å². The first-order chi connectivity index (χ1) is 10.6. The van der Waals surface area contributed by atoms with Crippen molar-refractivity contribution in [3.63, 3.8) is 0 Å². The topological polar surface area (TPSA) is 79.3 Å². The van der Waals surface area contributed by atoms with Crippen LogP contribution in [0.15, 0.2) is 48.8 Å². The van der Waals surface area contributed by atoms with Gasteiger partial charge in [-0.2, -0.15) is 0 Å². The van der Waals surface area contributed by atoms with Crippen molar-refractivity contribution >= 4 is 11.9 Å². The number of hydrogen-bond acceptors (Lipinski definition) is 3. The fourth-order valence-electron chi connectivity index (χ4n) is 2.07. The van der Waals surface area contributed by atoms with E-state index in [9.17, 15) is 14.7 Å². The van der Waals surface area contributed by atoms with Crippen molar-refractivity contribution in [2.75, 3.05) is 6.54 Å². The number of carbonyl (C=O) groups is 2. The van der Waals surface area contributed by atoms with Gasteiger partial charge in [0.25, 0.3) is 5.91 Å². The number of amides is 1. The molecule has 1 unspecified atom stereocenters. The summed E-state index contributed by atoms with van der Waals surface area (Å²) >= 11 is 0. The summed E-state index contributed by atoms with van der Waals surface area (Å²) in [6, 6.07) is 11.0. The molecular formula is C17H18N2O3. The standard InChI is InChI=1S/C17H18N2O3/c1-12-4-6-13(7-5-12)9-15(17(21)22)11-19-16(20)14-3-2-8-18-10-14/h2-8,10,15H,9,11H2,1H3,(H,19,20)(H,21,22). The molecule has 1 heterocycles. The van der Waals surface area contributed by atoms with Crippen molar-refractivity contribution in [2.45, 2.75) is 13.3 Å². The molecule has 22 heavy (non-hydrogen) atoms. The molecule has 0 saturated carbocycles. The van der Waals surface area contributed by atoms with Crippen molar-refractivity contribution < 1.29 is 14.7 Å². The van der Waals surface area contributed by atoms with E-state index in [0.29, 0.717) is 12.0 Å². The van der Waals surface area contributed by atoms with Crippen molar-refractivity contribution in [1.82, 2.24) is 10.3 Å². The second-order valence-corrected chi connectivity index (χ2v) is 5.18. The molecule has 0 saturated heterocycles. The monoisotopic (exact) mass is 298 g/mol. The third-order valence-corrected chi connectivity index (χ3v) is 3.38. The molecule has 0 spiro atoms. The predicted octanol–water partition coefficient (Wildman–Crippen LogP) is 2.06. The van der Waals surface area contributed by atoms with E-state index < -0.39 is 11.9 Å². The van der Waals surface area contributed by atoms with Crippen LogP contribution in [0.3, 0.4) is 0 Å². The molecule has 0 aliphatic carbocycles. The maximum absolute atomic E-state index is 11.9. The molecular weight excluding hydrogens is 280 g/mol. The molecule has 114 valence electrons. The number of nitrogens with zero attached hydrogens (tertiary/aromatic N) is 1. The summed E-state index contributed by atoms with van der Waals surface area (Å²) in [7, 11) is 0. The molecule has 1 atom stereocenters. The summed E-state index contributed by atoms with van der Waals surface area (Å²) < 4.78 is 0. The van der Waals surface area contributed by atoms with Gasteiger partial charge < -0.3 is 10.4 Å². The Morgan fingerprint density at radius 2 is 1.95 bits per heavy atom. The van der Waals surface area contributed by atoms with Crippen LogP contribution in [0.2, 0.25) is 0 Å². The largest absolute Gasteiger partial charge is 0.481 e. The van der Waals surface area contributed by atoms with Gasteiger partial charge in [-0.25, -0.2) is 0 Å². The minimum absolute atomic E-state index is 0.0803. The van der Waals surface area contributed by atoms with E-state index in [1.165, 1.54) is 6.20 Å². The molecule has 2 aromatic rings. The summed E-state index contributed by atoms with van der Waals surface area (Å²) in [4.78, 5) is 27.1. The lowest BCUT2D eigenvalue weighted by Gasteiger charge is -2.13. The van der Waals surface area contributed by atoms with E-state index >= 15 is 0 Å². The molecule has 0 radical (unpaired) electrons. The summed E-state index contributed by atoms with van der Waals surface area (Å²) in [5.74, 6) is -1.90. The van der Waals surface area contributed by atoms with Crippen molar-refractivity contribution in [3.05, 3.63) is 65.5 Å². The Morgan fingerprint density at radius 1 is 1.23 bits per heavy atom. The number of nitrogens with one attached hydrogen (secondary N) is 1. The molecule has 1 aromatic heterocycles. The smallest absolute Gasteiger partial charge is 0.308 e. The van der Waals surface area contributed by atoms with Crippen LogP contribution in [0.1, 0.15) is 21.5 Å². The highest BCUT2D eigenvalue weighted by molar-refractivity contribution is 5.94. The first-order valence-corrected chi connectivity index (χ1v) is 7.03. The zero-order valence-electron chi connectivity index (χ0n) is 12.3. The van der Waals surface area contributed by atoms with Gasteiger partial charge in [-0.1, -0.05) is 29.8 Å². The summed E-state index contributed by atoms with van der Waals surface area (Å²) in [5, 5.41) is 12.0. The number of carboxylic acid groups (broad SMARTS) is 1. The highest BCUT2D eigenvalue weighted by atomic mass is 16.4. The van der Waals surface area contributed by atoms with Gasteiger partial charge in [0.05, 0.1) is 11.5 Å². The zero-order valence-corrected chi connectivity index (χ0v) is 12.3. The Hall–Kier alpha value is -2.69. The molecule has 5 nitrogen and oxygen atoms in total. The molecule has 2 N–H and O–H groups in total. The van der Waals surface area contributed by atoms with Crippen molar-refractivity contribution in [3.8, 4) is 0 Å². The summed E-state index contributed by atoms with van der Waals surface area (Å²) in [6.45, 7) is 2.06. The lowest BCUT2D eigenvalue weighted by Crippen LogP contribution is -2.34. The van der Waals surface area contributed by atoms with Gasteiger partial charge in [-0.15, -0.1) is 0 Å². The van der Waals surface area contributed by atoms with Crippen LogP contribution in [0.5, 0.6) is 0 Å². The maximum Gasteiger partial charge on any atom is 0.308 e. The highest BCUT2D eigenvalue weighted by Gasteiger charge is 2.19. The third kappa shape index (κ3) is 4.41. The number of rotatable bonds is 6. The Balaban J connectivity index is 1.96. The predicted molar refractivity (Wildman–Crippen MR) is 82.6 cm³/mol. The zero-order chi connectivity index (χ0) is 15.9. The third-order valence-electron chi connectivity index (χ3n) is 3.38. The molecule has 0 bridgehead atoms. The van der Waals surface area contributed by atoms with Gasteiger partial charge in [0.15, 0.2) is 0 Å². The fourth-order valence-corrected chi connectivity index (χ4v) is 2.07. The van der Waals surface area contributed by atoms with E-state index in [1.54, 1.807) is 18.3 Å². The molecule has 5 heteroatoms. The summed E-state index contributed by atoms with van der Waals surface area (Å²) in [5.41, 5.74) is 2.48. The Labute approximate surface area is 129 Å². The number of aryl methyl sites for hydroxylation is 1. The average Bonchev–Trinajstić information content (AvgIpc) is 2.53. The maximum atomic E-state index is 11.9. The number of aromatic nitrogens is 1. The van der Waals surface area contributed by atoms with E-state index in [1.807, 2.05) is 31.2 Å². The Morgan fingerprint density at radius 3 is 2.55 bits per heavy atom. The van der Waals surface area contributed by atoms with Gasteiger partial charge in [0.2, 0.25) is 0 Å². The Bertz CT molecular complexity index is 639. The molecule has 0 fully saturated rings. The van der Waals surface area contributed by atoms with Crippen LogP contribution in [-0.4, -0.2) is 28.5 Å². The van der Waals surface area contributed by atoms with Gasteiger partial charge in [-0.05, 0) is 31.0 Å². The normalized spacial score (nSPS) is 11.7. The SMILES string of the molecule is Cc1ccc(CC(CNC(=O)c2cccnc2)C(=O)O)cc1.